The van der Waals surface area contributed by atoms with Gasteiger partial charge in [0, 0.05) is 30.4 Å². The van der Waals surface area contributed by atoms with Crippen molar-refractivity contribution in [2.75, 3.05) is 24.7 Å². The summed E-state index contributed by atoms with van der Waals surface area (Å²) in [7, 11) is 0. The van der Waals surface area contributed by atoms with Crippen molar-refractivity contribution in [3.8, 4) is 0 Å². The summed E-state index contributed by atoms with van der Waals surface area (Å²) in [5.74, 6) is 2.57. The van der Waals surface area contributed by atoms with Crippen LogP contribution in [0.1, 0.15) is 32.1 Å². The third kappa shape index (κ3) is 2.44. The summed E-state index contributed by atoms with van der Waals surface area (Å²) in [6, 6.07) is 0.712. The lowest BCUT2D eigenvalue weighted by Crippen LogP contribution is -2.40. The van der Waals surface area contributed by atoms with Gasteiger partial charge in [-0.2, -0.15) is 11.8 Å². The van der Waals surface area contributed by atoms with Crippen LogP contribution in [0.3, 0.4) is 0 Å². The van der Waals surface area contributed by atoms with E-state index >= 15 is 0 Å². The van der Waals surface area contributed by atoms with Crippen LogP contribution in [-0.2, 0) is 0 Å². The van der Waals surface area contributed by atoms with E-state index in [2.05, 4.69) is 5.32 Å². The number of aliphatic hydroxyl groups excluding tert-OH is 1. The van der Waals surface area contributed by atoms with Crippen molar-refractivity contribution in [1.29, 1.82) is 0 Å². The van der Waals surface area contributed by atoms with Crippen molar-refractivity contribution in [1.82, 2.24) is 5.32 Å². The summed E-state index contributed by atoms with van der Waals surface area (Å²) in [6.07, 6.45) is 6.36. The summed E-state index contributed by atoms with van der Waals surface area (Å²) in [5, 5.41) is 13.1. The molecule has 1 aliphatic carbocycles. The van der Waals surface area contributed by atoms with Crippen LogP contribution in [0.4, 0.5) is 0 Å². The van der Waals surface area contributed by atoms with Gasteiger partial charge >= 0.3 is 0 Å². The van der Waals surface area contributed by atoms with Gasteiger partial charge in [-0.25, -0.2) is 0 Å². The molecule has 0 spiro atoms. The molecule has 2 aliphatic rings. The van der Waals surface area contributed by atoms with Crippen LogP contribution in [-0.4, -0.2) is 35.8 Å². The minimum absolute atomic E-state index is 0.229. The first kappa shape index (κ1) is 10.8. The molecule has 2 N–H and O–H groups in total. The minimum atomic E-state index is 0.229. The molecular weight excluding hydrogens is 194 g/mol. The van der Waals surface area contributed by atoms with E-state index in [1.165, 1.54) is 43.6 Å². The Morgan fingerprint density at radius 3 is 2.71 bits per heavy atom. The van der Waals surface area contributed by atoms with E-state index in [9.17, 15) is 5.11 Å². The van der Waals surface area contributed by atoms with Gasteiger partial charge in [-0.3, -0.25) is 0 Å². The predicted molar refractivity (Wildman–Crippen MR) is 61.7 cm³/mol. The standard InChI is InChI=1S/C11H21NOS/c13-9-11(4-1-2-5-11)8-12-10-3-6-14-7-10/h10,12-13H,1-9H2. The highest BCUT2D eigenvalue weighted by molar-refractivity contribution is 7.99. The highest BCUT2D eigenvalue weighted by Gasteiger charge is 2.33. The molecule has 1 unspecified atom stereocenters. The Hall–Kier alpha value is 0.270. The SMILES string of the molecule is OCC1(CNC2CCSC2)CCCC1. The molecule has 1 heterocycles. The van der Waals surface area contributed by atoms with Crippen molar-refractivity contribution in [3.05, 3.63) is 0 Å². The van der Waals surface area contributed by atoms with Crippen LogP contribution in [0.15, 0.2) is 0 Å². The monoisotopic (exact) mass is 215 g/mol. The van der Waals surface area contributed by atoms with Gasteiger partial charge in [0.05, 0.1) is 0 Å². The number of hydrogen-bond donors (Lipinski definition) is 2. The van der Waals surface area contributed by atoms with Gasteiger partial charge in [-0.1, -0.05) is 12.8 Å². The van der Waals surface area contributed by atoms with Crippen LogP contribution in [0.25, 0.3) is 0 Å². The van der Waals surface area contributed by atoms with Gasteiger partial charge in [-0.05, 0) is 25.0 Å². The third-order valence-electron chi connectivity index (χ3n) is 3.70. The molecule has 3 heteroatoms. The summed E-state index contributed by atoms with van der Waals surface area (Å²) < 4.78 is 0. The van der Waals surface area contributed by atoms with Crippen LogP contribution >= 0.6 is 11.8 Å². The normalized spacial score (nSPS) is 31.1. The fourth-order valence-electron chi connectivity index (χ4n) is 2.57. The molecule has 0 aromatic rings. The average Bonchev–Trinajstić information content (AvgIpc) is 2.87. The van der Waals surface area contributed by atoms with Crippen molar-refractivity contribution >= 4 is 11.8 Å². The molecule has 2 nitrogen and oxygen atoms in total. The molecule has 1 saturated carbocycles. The first-order valence-corrected chi connectivity index (χ1v) is 6.92. The van der Waals surface area contributed by atoms with Gasteiger partial charge < -0.3 is 10.4 Å². The second kappa shape index (κ2) is 4.86. The van der Waals surface area contributed by atoms with E-state index in [0.29, 0.717) is 12.6 Å². The van der Waals surface area contributed by atoms with E-state index in [-0.39, 0.29) is 5.41 Å². The number of nitrogens with one attached hydrogen (secondary N) is 1. The predicted octanol–water partition coefficient (Wildman–Crippen LogP) is 1.63. The van der Waals surface area contributed by atoms with Crippen molar-refractivity contribution in [2.24, 2.45) is 5.41 Å². The first-order chi connectivity index (χ1) is 6.85. The molecule has 0 radical (unpaired) electrons. The summed E-state index contributed by atoms with van der Waals surface area (Å²) in [5.41, 5.74) is 0.229. The first-order valence-electron chi connectivity index (χ1n) is 5.77. The van der Waals surface area contributed by atoms with Gasteiger partial charge in [0.15, 0.2) is 0 Å². The van der Waals surface area contributed by atoms with Crippen molar-refractivity contribution in [2.45, 2.75) is 38.1 Å². The lowest BCUT2D eigenvalue weighted by molar-refractivity contribution is 0.125. The summed E-state index contributed by atoms with van der Waals surface area (Å²) >= 11 is 2.05. The molecule has 1 aliphatic heterocycles. The Morgan fingerprint density at radius 1 is 1.36 bits per heavy atom. The lowest BCUT2D eigenvalue weighted by Gasteiger charge is -2.28. The molecule has 82 valence electrons. The molecular formula is C11H21NOS. The zero-order chi connectivity index (χ0) is 9.86. The van der Waals surface area contributed by atoms with Gasteiger partial charge in [0.2, 0.25) is 0 Å². The molecule has 2 fully saturated rings. The minimum Gasteiger partial charge on any atom is -0.396 e. The average molecular weight is 215 g/mol. The number of hydrogen-bond acceptors (Lipinski definition) is 3. The zero-order valence-electron chi connectivity index (χ0n) is 8.80. The molecule has 0 bridgehead atoms. The van der Waals surface area contributed by atoms with Gasteiger partial charge in [0.1, 0.15) is 0 Å². The summed E-state index contributed by atoms with van der Waals surface area (Å²) in [6.45, 7) is 1.41. The van der Waals surface area contributed by atoms with Crippen molar-refractivity contribution in [3.63, 3.8) is 0 Å². The molecule has 0 aromatic carbocycles. The maximum absolute atomic E-state index is 9.45. The molecule has 0 aromatic heterocycles. The fraction of sp³-hybridized carbons (Fsp3) is 1.00. The molecule has 0 amide bonds. The zero-order valence-corrected chi connectivity index (χ0v) is 9.61. The number of aliphatic hydroxyl groups is 1. The molecule has 14 heavy (non-hydrogen) atoms. The van der Waals surface area contributed by atoms with Crippen LogP contribution < -0.4 is 5.32 Å². The lowest BCUT2D eigenvalue weighted by atomic mass is 9.87. The molecule has 1 saturated heterocycles. The van der Waals surface area contributed by atoms with Crippen LogP contribution in [0, 0.1) is 5.41 Å². The third-order valence-corrected chi connectivity index (χ3v) is 4.86. The maximum atomic E-state index is 9.45. The molecule has 1 atom stereocenters. The fourth-order valence-corrected chi connectivity index (χ4v) is 3.76. The Labute approximate surface area is 90.8 Å². The smallest absolute Gasteiger partial charge is 0.0499 e. The van der Waals surface area contributed by atoms with Crippen LogP contribution in [0.5, 0.6) is 0 Å². The Balaban J connectivity index is 1.76. The highest BCUT2D eigenvalue weighted by Crippen LogP contribution is 2.37. The van der Waals surface area contributed by atoms with Gasteiger partial charge in [0.25, 0.3) is 0 Å². The maximum Gasteiger partial charge on any atom is 0.0499 e. The second-order valence-electron chi connectivity index (χ2n) is 4.81. The second-order valence-corrected chi connectivity index (χ2v) is 5.96. The summed E-state index contributed by atoms with van der Waals surface area (Å²) in [4.78, 5) is 0. The Morgan fingerprint density at radius 2 is 2.14 bits per heavy atom. The number of rotatable bonds is 4. The van der Waals surface area contributed by atoms with Gasteiger partial charge in [-0.15, -0.1) is 0 Å². The van der Waals surface area contributed by atoms with E-state index in [1.807, 2.05) is 11.8 Å². The quantitative estimate of drug-likeness (QED) is 0.747. The van der Waals surface area contributed by atoms with E-state index in [4.69, 9.17) is 0 Å². The van der Waals surface area contributed by atoms with Crippen LogP contribution in [0.2, 0.25) is 0 Å². The topological polar surface area (TPSA) is 32.3 Å². The molecule has 2 rings (SSSR count). The highest BCUT2D eigenvalue weighted by atomic mass is 32.2. The van der Waals surface area contributed by atoms with E-state index in [1.54, 1.807) is 0 Å². The van der Waals surface area contributed by atoms with Crippen molar-refractivity contribution < 1.29 is 5.11 Å². The Bertz CT molecular complexity index is 174. The van der Waals surface area contributed by atoms with E-state index in [0.717, 1.165) is 6.54 Å². The Kier molecular flexibility index (Phi) is 3.74. The largest absolute Gasteiger partial charge is 0.396 e. The number of thioether (sulfide) groups is 1. The van der Waals surface area contributed by atoms with E-state index < -0.39 is 0 Å².